The van der Waals surface area contributed by atoms with Crippen molar-refractivity contribution in [3.05, 3.63) is 28.3 Å². The molecule has 4 N–H and O–H groups in total. The number of nitro groups is 1. The van der Waals surface area contributed by atoms with Gasteiger partial charge in [-0.25, -0.2) is 8.42 Å². The van der Waals surface area contributed by atoms with Crippen molar-refractivity contribution in [3.63, 3.8) is 0 Å². The summed E-state index contributed by atoms with van der Waals surface area (Å²) < 4.78 is 26.0. The van der Waals surface area contributed by atoms with Crippen LogP contribution < -0.4 is 11.3 Å². The number of nitrogens with two attached hydrogens (primary N) is 1. The van der Waals surface area contributed by atoms with Gasteiger partial charge in [0.15, 0.2) is 0 Å². The third kappa shape index (κ3) is 3.67. The van der Waals surface area contributed by atoms with Crippen LogP contribution in [0.25, 0.3) is 0 Å². The minimum Gasteiger partial charge on any atom is -0.395 e. The lowest BCUT2D eigenvalue weighted by Crippen LogP contribution is -2.38. The van der Waals surface area contributed by atoms with Crippen LogP contribution in [0.3, 0.4) is 0 Å². The van der Waals surface area contributed by atoms with Crippen LogP contribution in [-0.4, -0.2) is 41.9 Å². The van der Waals surface area contributed by atoms with Crippen molar-refractivity contribution in [1.29, 1.82) is 0 Å². The summed E-state index contributed by atoms with van der Waals surface area (Å²) in [6.07, 6.45) is 0. The number of aliphatic hydroxyl groups is 1. The third-order valence-electron chi connectivity index (χ3n) is 2.82. The summed E-state index contributed by atoms with van der Waals surface area (Å²) >= 11 is 0. The topological polar surface area (TPSA) is 139 Å². The number of aliphatic hydroxyl groups excluding tert-OH is 1. The number of nitrogens with one attached hydrogen (secondary N) is 1. The molecule has 118 valence electrons. The number of hydrazine groups is 1. The molecule has 0 heterocycles. The molecule has 0 aliphatic rings. The molecule has 0 fully saturated rings. The van der Waals surface area contributed by atoms with Crippen LogP contribution in [0.4, 0.5) is 11.4 Å². The van der Waals surface area contributed by atoms with Gasteiger partial charge in [0.25, 0.3) is 5.69 Å². The van der Waals surface area contributed by atoms with Crippen molar-refractivity contribution < 1.29 is 18.4 Å². The minimum atomic E-state index is -3.94. The Hall–Kier alpha value is -1.75. The fourth-order valence-electron chi connectivity index (χ4n) is 1.83. The first-order valence-electron chi connectivity index (χ1n) is 6.13. The highest BCUT2D eigenvalue weighted by molar-refractivity contribution is 7.89. The smallest absolute Gasteiger partial charge is 0.294 e. The Morgan fingerprint density at radius 2 is 2.10 bits per heavy atom. The average Bonchev–Trinajstić information content (AvgIpc) is 2.43. The minimum absolute atomic E-state index is 0.0113. The number of nitro benzene ring substituents is 1. The molecule has 0 aromatic heterocycles. The Kier molecular flexibility index (Phi) is 5.61. The molecule has 0 saturated carbocycles. The van der Waals surface area contributed by atoms with Gasteiger partial charge in [0.1, 0.15) is 5.69 Å². The molecule has 0 amide bonds. The monoisotopic (exact) mass is 318 g/mol. The summed E-state index contributed by atoms with van der Waals surface area (Å²) in [4.78, 5) is 10.0. The molecule has 0 aliphatic heterocycles. The van der Waals surface area contributed by atoms with Crippen molar-refractivity contribution in [2.75, 3.05) is 18.6 Å². The van der Waals surface area contributed by atoms with Gasteiger partial charge >= 0.3 is 0 Å². The highest BCUT2D eigenvalue weighted by Crippen LogP contribution is 2.28. The molecule has 0 radical (unpaired) electrons. The summed E-state index contributed by atoms with van der Waals surface area (Å²) in [5.74, 6) is 5.16. The molecule has 21 heavy (non-hydrogen) atoms. The second-order valence-electron chi connectivity index (χ2n) is 4.51. The standard InChI is InChI=1S/C11H18N4O5S/c1-8(2)14(5-6-16)21(19,20)9-3-4-10(13-12)11(7-9)15(17)18/h3-4,7-8,13,16H,5-6,12H2,1-2H3. The Bertz CT molecular complexity index is 617. The van der Waals surface area contributed by atoms with Crippen LogP contribution >= 0.6 is 0 Å². The molecular formula is C11H18N4O5S. The van der Waals surface area contributed by atoms with Gasteiger partial charge in [-0.3, -0.25) is 16.0 Å². The molecule has 0 aliphatic carbocycles. The van der Waals surface area contributed by atoms with Crippen molar-refractivity contribution >= 4 is 21.4 Å². The zero-order valence-corrected chi connectivity index (χ0v) is 12.5. The molecule has 0 unspecified atom stereocenters. The van der Waals surface area contributed by atoms with E-state index < -0.39 is 26.7 Å². The van der Waals surface area contributed by atoms with E-state index in [9.17, 15) is 18.5 Å². The maximum atomic E-state index is 12.5. The van der Waals surface area contributed by atoms with Crippen LogP contribution in [-0.2, 0) is 10.0 Å². The molecule has 1 aromatic rings. The van der Waals surface area contributed by atoms with E-state index in [0.29, 0.717) is 0 Å². The van der Waals surface area contributed by atoms with Gasteiger partial charge in [0.05, 0.1) is 16.4 Å². The number of benzene rings is 1. The number of nitrogens with zero attached hydrogens (tertiary/aromatic N) is 2. The summed E-state index contributed by atoms with van der Waals surface area (Å²) in [7, 11) is -3.94. The molecule has 0 spiro atoms. The summed E-state index contributed by atoms with van der Waals surface area (Å²) in [6, 6.07) is 3.00. The first-order valence-corrected chi connectivity index (χ1v) is 7.57. The number of hydrogen-bond acceptors (Lipinski definition) is 7. The molecule has 0 bridgehead atoms. The van der Waals surface area contributed by atoms with E-state index in [4.69, 9.17) is 10.9 Å². The first kappa shape index (κ1) is 17.3. The highest BCUT2D eigenvalue weighted by Gasteiger charge is 2.28. The van der Waals surface area contributed by atoms with Crippen LogP contribution in [0.2, 0.25) is 0 Å². The van der Waals surface area contributed by atoms with Crippen LogP contribution in [0.15, 0.2) is 23.1 Å². The Morgan fingerprint density at radius 3 is 2.52 bits per heavy atom. The SMILES string of the molecule is CC(C)N(CCO)S(=O)(=O)c1ccc(NN)c([N+](=O)[O-])c1. The average molecular weight is 318 g/mol. The lowest BCUT2D eigenvalue weighted by Gasteiger charge is -2.25. The van der Waals surface area contributed by atoms with E-state index >= 15 is 0 Å². The van der Waals surface area contributed by atoms with Gasteiger partial charge < -0.3 is 10.5 Å². The number of rotatable bonds is 7. The normalized spacial score (nSPS) is 11.9. The zero-order chi connectivity index (χ0) is 16.2. The molecule has 10 heteroatoms. The van der Waals surface area contributed by atoms with Gasteiger partial charge in [-0.2, -0.15) is 4.31 Å². The molecule has 0 saturated heterocycles. The van der Waals surface area contributed by atoms with Gasteiger partial charge in [-0.1, -0.05) is 0 Å². The second-order valence-corrected chi connectivity index (χ2v) is 6.40. The van der Waals surface area contributed by atoms with Gasteiger partial charge in [-0.05, 0) is 26.0 Å². The summed E-state index contributed by atoms with van der Waals surface area (Å²) in [6.45, 7) is 2.86. The Balaban J connectivity index is 3.37. The highest BCUT2D eigenvalue weighted by atomic mass is 32.2. The number of anilines is 1. The molecule has 1 aromatic carbocycles. The second kappa shape index (κ2) is 6.80. The molecule has 1 rings (SSSR count). The van der Waals surface area contributed by atoms with E-state index in [1.165, 1.54) is 12.1 Å². The quantitative estimate of drug-likeness (QED) is 0.372. The summed E-state index contributed by atoms with van der Waals surface area (Å²) in [5, 5.41) is 19.9. The van der Waals surface area contributed by atoms with Gasteiger partial charge in [0.2, 0.25) is 10.0 Å². The van der Waals surface area contributed by atoms with Crippen LogP contribution in [0.1, 0.15) is 13.8 Å². The lowest BCUT2D eigenvalue weighted by molar-refractivity contribution is -0.384. The number of hydrogen-bond donors (Lipinski definition) is 3. The number of sulfonamides is 1. The molecular weight excluding hydrogens is 300 g/mol. The lowest BCUT2D eigenvalue weighted by atomic mass is 10.3. The fourth-order valence-corrected chi connectivity index (χ4v) is 3.48. The fraction of sp³-hybridized carbons (Fsp3) is 0.455. The van der Waals surface area contributed by atoms with Crippen molar-refractivity contribution in [2.24, 2.45) is 5.84 Å². The van der Waals surface area contributed by atoms with E-state index in [1.54, 1.807) is 13.8 Å². The van der Waals surface area contributed by atoms with Gasteiger partial charge in [0, 0.05) is 18.7 Å². The number of nitrogen functional groups attached to an aromatic ring is 1. The summed E-state index contributed by atoms with van der Waals surface area (Å²) in [5.41, 5.74) is 1.72. The Labute approximate surface area is 122 Å². The van der Waals surface area contributed by atoms with Crippen molar-refractivity contribution in [2.45, 2.75) is 24.8 Å². The molecule has 0 atom stereocenters. The maximum Gasteiger partial charge on any atom is 0.294 e. The van der Waals surface area contributed by atoms with Crippen molar-refractivity contribution in [1.82, 2.24) is 4.31 Å². The Morgan fingerprint density at radius 1 is 1.48 bits per heavy atom. The first-order chi connectivity index (χ1) is 9.75. The predicted octanol–water partition coefficient (Wildman–Crippen LogP) is 0.272. The predicted molar refractivity (Wildman–Crippen MR) is 77.0 cm³/mol. The third-order valence-corrected chi connectivity index (χ3v) is 4.90. The van der Waals surface area contributed by atoms with Crippen molar-refractivity contribution in [3.8, 4) is 0 Å². The van der Waals surface area contributed by atoms with E-state index in [2.05, 4.69) is 5.43 Å². The largest absolute Gasteiger partial charge is 0.395 e. The van der Waals surface area contributed by atoms with Crippen LogP contribution in [0.5, 0.6) is 0 Å². The van der Waals surface area contributed by atoms with Crippen LogP contribution in [0, 0.1) is 10.1 Å². The molecule has 9 nitrogen and oxygen atoms in total. The van der Waals surface area contributed by atoms with E-state index in [1.807, 2.05) is 0 Å². The van der Waals surface area contributed by atoms with E-state index in [-0.39, 0.29) is 23.7 Å². The van der Waals surface area contributed by atoms with E-state index in [0.717, 1.165) is 10.4 Å². The van der Waals surface area contributed by atoms with Gasteiger partial charge in [-0.15, -0.1) is 0 Å². The zero-order valence-electron chi connectivity index (χ0n) is 11.7. The maximum absolute atomic E-state index is 12.5.